The van der Waals surface area contributed by atoms with Crippen LogP contribution in [0.5, 0.6) is 0 Å². The summed E-state index contributed by atoms with van der Waals surface area (Å²) in [5.74, 6) is -0.102. The van der Waals surface area contributed by atoms with Crippen molar-refractivity contribution in [3.63, 3.8) is 0 Å². The average molecular weight is 240 g/mol. The zero-order chi connectivity index (χ0) is 12.4. The van der Waals surface area contributed by atoms with Gasteiger partial charge in [-0.1, -0.05) is 19.8 Å². The molecule has 0 aliphatic heterocycles. The molecule has 0 saturated heterocycles. The number of nitrogens with two attached hydrogens (primary N) is 1. The van der Waals surface area contributed by atoms with Crippen LogP contribution in [0.3, 0.4) is 0 Å². The van der Waals surface area contributed by atoms with Gasteiger partial charge in [0.2, 0.25) is 0 Å². The van der Waals surface area contributed by atoms with Gasteiger partial charge in [-0.2, -0.15) is 0 Å². The van der Waals surface area contributed by atoms with E-state index in [0.29, 0.717) is 18.4 Å². The Kier molecular flexibility index (Phi) is 3.50. The fourth-order valence-corrected chi connectivity index (χ4v) is 2.52. The van der Waals surface area contributed by atoms with Crippen molar-refractivity contribution < 1.29 is 8.78 Å². The van der Waals surface area contributed by atoms with Gasteiger partial charge in [-0.15, -0.1) is 0 Å². The van der Waals surface area contributed by atoms with Crippen LogP contribution in [-0.4, -0.2) is 6.54 Å². The molecule has 94 valence electrons. The summed E-state index contributed by atoms with van der Waals surface area (Å²) in [6.07, 6.45) is 3.55. The van der Waals surface area contributed by atoms with Gasteiger partial charge < -0.3 is 11.1 Å². The van der Waals surface area contributed by atoms with Crippen LogP contribution in [0.1, 0.15) is 26.2 Å². The van der Waals surface area contributed by atoms with Gasteiger partial charge in [-0.3, -0.25) is 0 Å². The Morgan fingerprint density at radius 2 is 1.94 bits per heavy atom. The van der Waals surface area contributed by atoms with Gasteiger partial charge in [0.25, 0.3) is 0 Å². The Morgan fingerprint density at radius 3 is 2.47 bits per heavy atom. The van der Waals surface area contributed by atoms with E-state index < -0.39 is 11.6 Å². The second kappa shape index (κ2) is 4.90. The van der Waals surface area contributed by atoms with E-state index in [9.17, 15) is 8.78 Å². The molecular weight excluding hydrogens is 222 g/mol. The molecule has 0 amide bonds. The van der Waals surface area contributed by atoms with Crippen LogP contribution in [0.4, 0.5) is 20.2 Å². The summed E-state index contributed by atoms with van der Waals surface area (Å²) in [7, 11) is 0. The molecule has 2 nitrogen and oxygen atoms in total. The first kappa shape index (κ1) is 12.1. The minimum Gasteiger partial charge on any atom is -0.399 e. The molecule has 2 rings (SSSR count). The lowest BCUT2D eigenvalue weighted by Gasteiger charge is -2.17. The molecule has 4 heteroatoms. The fourth-order valence-electron chi connectivity index (χ4n) is 2.52. The molecule has 17 heavy (non-hydrogen) atoms. The summed E-state index contributed by atoms with van der Waals surface area (Å²) >= 11 is 0. The van der Waals surface area contributed by atoms with E-state index in [1.165, 1.54) is 12.8 Å². The second-order valence-corrected chi connectivity index (χ2v) is 4.91. The van der Waals surface area contributed by atoms with Crippen molar-refractivity contribution in [2.24, 2.45) is 11.8 Å². The van der Waals surface area contributed by atoms with Crippen molar-refractivity contribution >= 4 is 11.4 Å². The van der Waals surface area contributed by atoms with Gasteiger partial charge in [-0.05, 0) is 30.4 Å². The lowest BCUT2D eigenvalue weighted by molar-refractivity contribution is 0.437. The maximum absolute atomic E-state index is 13.5. The Balaban J connectivity index is 2.04. The highest BCUT2D eigenvalue weighted by Gasteiger charge is 2.23. The second-order valence-electron chi connectivity index (χ2n) is 4.91. The van der Waals surface area contributed by atoms with Gasteiger partial charge in [0.15, 0.2) is 11.6 Å². The Morgan fingerprint density at radius 1 is 1.29 bits per heavy atom. The largest absolute Gasteiger partial charge is 0.399 e. The molecule has 0 aromatic heterocycles. The van der Waals surface area contributed by atoms with Gasteiger partial charge in [0.05, 0.1) is 0 Å². The number of rotatable bonds is 3. The number of hydrogen-bond donors (Lipinski definition) is 2. The number of nitrogen functional groups attached to an aromatic ring is 1. The maximum Gasteiger partial charge on any atom is 0.151 e. The summed E-state index contributed by atoms with van der Waals surface area (Å²) in [4.78, 5) is 0. The van der Waals surface area contributed by atoms with E-state index in [4.69, 9.17) is 5.73 Å². The van der Waals surface area contributed by atoms with Crippen molar-refractivity contribution in [2.45, 2.75) is 26.2 Å². The monoisotopic (exact) mass is 240 g/mol. The maximum atomic E-state index is 13.5. The van der Waals surface area contributed by atoms with Gasteiger partial charge >= 0.3 is 0 Å². The summed E-state index contributed by atoms with van der Waals surface area (Å²) in [5.41, 5.74) is 5.41. The molecule has 1 aromatic carbocycles. The first-order valence-corrected chi connectivity index (χ1v) is 6.06. The number of hydrogen-bond acceptors (Lipinski definition) is 2. The zero-order valence-electron chi connectivity index (χ0n) is 9.97. The summed E-state index contributed by atoms with van der Waals surface area (Å²) < 4.78 is 27.0. The predicted molar refractivity (Wildman–Crippen MR) is 65.8 cm³/mol. The standard InChI is InChI=1S/C13H18F2N2/c1-8-3-2-4-9(8)7-17-13-11(14)5-10(16)6-12(13)15/h5-6,8-9,17H,2-4,7,16H2,1H3. The number of benzene rings is 1. The smallest absolute Gasteiger partial charge is 0.151 e. The Labute approximate surface area is 100 Å². The third-order valence-electron chi connectivity index (χ3n) is 3.64. The van der Waals surface area contributed by atoms with Crippen molar-refractivity contribution in [1.29, 1.82) is 0 Å². The van der Waals surface area contributed by atoms with E-state index in [0.717, 1.165) is 18.6 Å². The van der Waals surface area contributed by atoms with Gasteiger partial charge in [0.1, 0.15) is 5.69 Å². The van der Waals surface area contributed by atoms with Gasteiger partial charge in [-0.25, -0.2) is 8.78 Å². The van der Waals surface area contributed by atoms with Crippen LogP contribution in [0, 0.1) is 23.5 Å². The molecule has 2 atom stereocenters. The molecule has 0 bridgehead atoms. The van der Waals surface area contributed by atoms with Crippen LogP contribution >= 0.6 is 0 Å². The molecule has 1 aliphatic carbocycles. The van der Waals surface area contributed by atoms with Crippen molar-refractivity contribution in [1.82, 2.24) is 0 Å². The van der Waals surface area contributed by atoms with Crippen LogP contribution in [0.25, 0.3) is 0 Å². The molecule has 1 aromatic rings. The van der Waals surface area contributed by atoms with Crippen LogP contribution in [0.2, 0.25) is 0 Å². The highest BCUT2D eigenvalue weighted by molar-refractivity contribution is 5.54. The summed E-state index contributed by atoms with van der Waals surface area (Å²) in [6, 6.07) is 2.28. The van der Waals surface area contributed by atoms with Gasteiger partial charge in [0, 0.05) is 12.2 Å². The Hall–Kier alpha value is -1.32. The van der Waals surface area contributed by atoms with Crippen molar-refractivity contribution in [3.05, 3.63) is 23.8 Å². The van der Waals surface area contributed by atoms with E-state index in [1.807, 2.05) is 0 Å². The summed E-state index contributed by atoms with van der Waals surface area (Å²) in [5, 5.41) is 2.88. The average Bonchev–Trinajstić information content (AvgIpc) is 2.62. The first-order chi connectivity index (χ1) is 8.08. The molecule has 0 radical (unpaired) electrons. The van der Waals surface area contributed by atoms with Crippen LogP contribution in [-0.2, 0) is 0 Å². The first-order valence-electron chi connectivity index (χ1n) is 6.06. The van der Waals surface area contributed by atoms with Crippen molar-refractivity contribution in [3.8, 4) is 0 Å². The number of anilines is 2. The van der Waals surface area contributed by atoms with E-state index in [-0.39, 0.29) is 11.4 Å². The van der Waals surface area contributed by atoms with Crippen LogP contribution < -0.4 is 11.1 Å². The minimum absolute atomic E-state index is 0.0571. The lowest BCUT2D eigenvalue weighted by atomic mass is 9.98. The predicted octanol–water partition coefficient (Wildman–Crippen LogP) is 3.40. The number of nitrogens with one attached hydrogen (secondary N) is 1. The molecular formula is C13H18F2N2. The molecule has 0 heterocycles. The topological polar surface area (TPSA) is 38.0 Å². The summed E-state index contributed by atoms with van der Waals surface area (Å²) in [6.45, 7) is 2.81. The van der Waals surface area contributed by atoms with Crippen LogP contribution in [0.15, 0.2) is 12.1 Å². The number of halogens is 2. The third kappa shape index (κ3) is 2.68. The minimum atomic E-state index is -0.617. The molecule has 1 aliphatic rings. The molecule has 1 fully saturated rings. The molecule has 1 saturated carbocycles. The quantitative estimate of drug-likeness (QED) is 0.795. The highest BCUT2D eigenvalue weighted by atomic mass is 19.1. The SMILES string of the molecule is CC1CCCC1CNc1c(F)cc(N)cc1F. The molecule has 0 spiro atoms. The van der Waals surface area contributed by atoms with Crippen molar-refractivity contribution in [2.75, 3.05) is 17.6 Å². The van der Waals surface area contributed by atoms with E-state index in [2.05, 4.69) is 12.2 Å². The lowest BCUT2D eigenvalue weighted by Crippen LogP contribution is -2.17. The fraction of sp³-hybridized carbons (Fsp3) is 0.538. The highest BCUT2D eigenvalue weighted by Crippen LogP contribution is 2.32. The molecule has 2 unspecified atom stereocenters. The Bertz CT molecular complexity index is 383. The normalized spacial score (nSPS) is 23.9. The van der Waals surface area contributed by atoms with E-state index in [1.54, 1.807) is 0 Å². The third-order valence-corrected chi connectivity index (χ3v) is 3.64. The zero-order valence-corrected chi connectivity index (χ0v) is 9.97. The van der Waals surface area contributed by atoms with E-state index >= 15 is 0 Å². The molecule has 3 N–H and O–H groups in total.